The molecule has 9 heteroatoms. The van der Waals surface area contributed by atoms with Gasteiger partial charge in [0.2, 0.25) is 0 Å². The number of hydrogen-bond acceptors (Lipinski definition) is 8. The zero-order valence-corrected chi connectivity index (χ0v) is 16.8. The van der Waals surface area contributed by atoms with Gasteiger partial charge in [-0.1, -0.05) is 11.3 Å². The van der Waals surface area contributed by atoms with E-state index in [1.807, 2.05) is 6.07 Å². The number of carbonyl (C=O) groups excluding carboxylic acids is 1. The Labute approximate surface area is 165 Å². The summed E-state index contributed by atoms with van der Waals surface area (Å²) in [6, 6.07) is 7.40. The molecule has 0 unspecified atom stereocenters. The summed E-state index contributed by atoms with van der Waals surface area (Å²) in [6.45, 7) is 6.97. The van der Waals surface area contributed by atoms with E-state index in [-0.39, 0.29) is 5.91 Å². The lowest BCUT2D eigenvalue weighted by molar-refractivity contribution is 0.0959. The summed E-state index contributed by atoms with van der Waals surface area (Å²) in [5.41, 5.74) is 0.484. The third-order valence-corrected chi connectivity index (χ3v) is 6.19. The van der Waals surface area contributed by atoms with Crippen LogP contribution >= 0.6 is 22.7 Å². The number of nitrogens with zero attached hydrogens (tertiary/aromatic N) is 4. The minimum Gasteiger partial charge on any atom is -0.367 e. The number of rotatable bonds is 8. The largest absolute Gasteiger partial charge is 0.367 e. The van der Waals surface area contributed by atoms with Gasteiger partial charge in [0, 0.05) is 32.4 Å². The van der Waals surface area contributed by atoms with E-state index in [0.717, 1.165) is 27.8 Å². The van der Waals surface area contributed by atoms with Gasteiger partial charge < -0.3 is 15.5 Å². The molecule has 0 aliphatic carbocycles. The Morgan fingerprint density at radius 3 is 2.81 bits per heavy atom. The molecule has 0 aromatic carbocycles. The van der Waals surface area contributed by atoms with E-state index in [9.17, 15) is 4.79 Å². The van der Waals surface area contributed by atoms with Gasteiger partial charge in [-0.2, -0.15) is 5.26 Å². The molecule has 1 amide bonds. The number of anilines is 2. The second-order valence-electron chi connectivity index (χ2n) is 5.64. The second kappa shape index (κ2) is 8.79. The first-order chi connectivity index (χ1) is 13.2. The average molecular weight is 401 g/mol. The third-order valence-electron chi connectivity index (χ3n) is 3.97. The van der Waals surface area contributed by atoms with Gasteiger partial charge in [0.25, 0.3) is 5.91 Å². The summed E-state index contributed by atoms with van der Waals surface area (Å²) in [6.07, 6.45) is 1.62. The minimum absolute atomic E-state index is 0.113. The highest BCUT2D eigenvalue weighted by atomic mass is 32.1. The maximum Gasteiger partial charge on any atom is 0.261 e. The van der Waals surface area contributed by atoms with Crippen LogP contribution in [0.4, 0.5) is 10.9 Å². The number of amides is 1. The Bertz CT molecular complexity index is 938. The average Bonchev–Trinajstić information content (AvgIpc) is 3.25. The monoisotopic (exact) mass is 400 g/mol. The molecule has 0 radical (unpaired) electrons. The summed E-state index contributed by atoms with van der Waals surface area (Å²) in [4.78, 5) is 24.9. The summed E-state index contributed by atoms with van der Waals surface area (Å²) in [7, 11) is 0. The van der Waals surface area contributed by atoms with Gasteiger partial charge in [0.1, 0.15) is 16.7 Å². The number of carbonyl (C=O) groups is 1. The van der Waals surface area contributed by atoms with Crippen LogP contribution < -0.4 is 15.5 Å². The number of fused-ring (bicyclic) bond motifs is 1. The van der Waals surface area contributed by atoms with Gasteiger partial charge in [-0.3, -0.25) is 4.79 Å². The van der Waals surface area contributed by atoms with Gasteiger partial charge in [-0.15, -0.1) is 11.3 Å². The van der Waals surface area contributed by atoms with Crippen molar-refractivity contribution >= 4 is 49.1 Å². The lowest BCUT2D eigenvalue weighted by Crippen LogP contribution is -2.28. The van der Waals surface area contributed by atoms with Gasteiger partial charge in [0.05, 0.1) is 15.1 Å². The van der Waals surface area contributed by atoms with Crippen molar-refractivity contribution in [3.63, 3.8) is 0 Å². The fraction of sp³-hybridized carbons (Fsp3) is 0.333. The molecule has 0 saturated heterocycles. The fourth-order valence-corrected chi connectivity index (χ4v) is 4.80. The molecule has 0 atom stereocenters. The lowest BCUT2D eigenvalue weighted by Gasteiger charge is -2.16. The van der Waals surface area contributed by atoms with Crippen LogP contribution in [0.2, 0.25) is 0 Å². The number of nitriles is 1. The molecule has 27 heavy (non-hydrogen) atoms. The van der Waals surface area contributed by atoms with E-state index in [1.54, 1.807) is 29.7 Å². The molecule has 2 N–H and O–H groups in total. The van der Waals surface area contributed by atoms with Crippen molar-refractivity contribution in [1.82, 2.24) is 15.3 Å². The van der Waals surface area contributed by atoms with E-state index in [0.29, 0.717) is 29.3 Å². The first-order valence-electron chi connectivity index (χ1n) is 8.68. The Kier molecular flexibility index (Phi) is 6.21. The van der Waals surface area contributed by atoms with Crippen molar-refractivity contribution in [2.75, 3.05) is 36.4 Å². The van der Waals surface area contributed by atoms with Crippen molar-refractivity contribution in [3.05, 3.63) is 34.8 Å². The fourth-order valence-electron chi connectivity index (χ4n) is 2.55. The van der Waals surface area contributed by atoms with Crippen LogP contribution in [0.1, 0.15) is 29.1 Å². The number of aromatic nitrogens is 2. The van der Waals surface area contributed by atoms with Crippen LogP contribution in [0, 0.1) is 11.3 Å². The van der Waals surface area contributed by atoms with Crippen LogP contribution in [-0.4, -0.2) is 42.1 Å². The van der Waals surface area contributed by atoms with E-state index in [4.69, 9.17) is 5.26 Å². The maximum absolute atomic E-state index is 12.3. The maximum atomic E-state index is 12.3. The first kappa shape index (κ1) is 19.1. The van der Waals surface area contributed by atoms with E-state index < -0.39 is 0 Å². The third kappa shape index (κ3) is 4.35. The van der Waals surface area contributed by atoms with Crippen LogP contribution in [0.25, 0.3) is 9.53 Å². The Morgan fingerprint density at radius 1 is 1.30 bits per heavy atom. The topological polar surface area (TPSA) is 93.9 Å². The molecule has 140 valence electrons. The molecule has 3 aromatic rings. The standard InChI is InChI=1S/C18H20N6OS2/c1-3-24(4-2)18-23-17-14(27-18)10-13(26-17)16(25)22-9-8-21-15-12(11-19)6-5-7-20-15/h5-7,10H,3-4,8-9H2,1-2H3,(H,20,21)(H,22,25). The molecular formula is C18H20N6OS2. The summed E-state index contributed by atoms with van der Waals surface area (Å²) in [5, 5.41) is 16.0. The van der Waals surface area contributed by atoms with Gasteiger partial charge in [-0.25, -0.2) is 9.97 Å². The number of pyridine rings is 1. The molecule has 0 saturated carbocycles. The highest BCUT2D eigenvalue weighted by Gasteiger charge is 2.15. The van der Waals surface area contributed by atoms with Crippen molar-refractivity contribution in [2.24, 2.45) is 0 Å². The molecule has 3 aromatic heterocycles. The van der Waals surface area contributed by atoms with E-state index in [1.165, 1.54) is 11.3 Å². The molecule has 0 spiro atoms. The zero-order valence-electron chi connectivity index (χ0n) is 15.2. The van der Waals surface area contributed by atoms with Gasteiger partial charge in [-0.05, 0) is 32.0 Å². The molecule has 3 heterocycles. The first-order valence-corrected chi connectivity index (χ1v) is 10.3. The normalized spacial score (nSPS) is 10.6. The van der Waals surface area contributed by atoms with Crippen molar-refractivity contribution < 1.29 is 4.79 Å². The summed E-state index contributed by atoms with van der Waals surface area (Å²) in [5.74, 6) is 0.414. The molecule has 0 fully saturated rings. The molecule has 3 rings (SSSR count). The van der Waals surface area contributed by atoms with E-state index >= 15 is 0 Å². The van der Waals surface area contributed by atoms with Gasteiger partial charge in [0.15, 0.2) is 5.13 Å². The number of thiophene rings is 1. The molecule has 7 nitrogen and oxygen atoms in total. The Hall–Kier alpha value is -2.70. The molecule has 0 aliphatic rings. The smallest absolute Gasteiger partial charge is 0.261 e. The van der Waals surface area contributed by atoms with Crippen molar-refractivity contribution in [2.45, 2.75) is 13.8 Å². The highest BCUT2D eigenvalue weighted by molar-refractivity contribution is 7.29. The van der Waals surface area contributed by atoms with Crippen LogP contribution in [0.5, 0.6) is 0 Å². The number of thiazole rings is 1. The summed E-state index contributed by atoms with van der Waals surface area (Å²) < 4.78 is 1.04. The van der Waals surface area contributed by atoms with Crippen LogP contribution in [0.15, 0.2) is 24.4 Å². The highest BCUT2D eigenvalue weighted by Crippen LogP contribution is 2.34. The predicted octanol–water partition coefficient (Wildman–Crippen LogP) is 3.31. The second-order valence-corrected chi connectivity index (χ2v) is 7.68. The zero-order chi connectivity index (χ0) is 19.2. The summed E-state index contributed by atoms with van der Waals surface area (Å²) >= 11 is 3.03. The molecular weight excluding hydrogens is 380 g/mol. The van der Waals surface area contributed by atoms with Crippen LogP contribution in [-0.2, 0) is 0 Å². The number of hydrogen-bond donors (Lipinski definition) is 2. The van der Waals surface area contributed by atoms with E-state index in [2.05, 4.69) is 45.4 Å². The van der Waals surface area contributed by atoms with Crippen molar-refractivity contribution in [1.29, 1.82) is 5.26 Å². The van der Waals surface area contributed by atoms with Crippen LogP contribution in [0.3, 0.4) is 0 Å². The number of nitrogens with one attached hydrogen (secondary N) is 2. The quantitative estimate of drug-likeness (QED) is 0.564. The predicted molar refractivity (Wildman–Crippen MR) is 111 cm³/mol. The SMILES string of the molecule is CCN(CC)c1nc2sc(C(=O)NCCNc3ncccc3C#N)cc2s1. The molecule has 0 bridgehead atoms. The Balaban J connectivity index is 1.55. The minimum atomic E-state index is -0.113. The van der Waals surface area contributed by atoms with Gasteiger partial charge >= 0.3 is 0 Å². The van der Waals surface area contributed by atoms with Crippen molar-refractivity contribution in [3.8, 4) is 6.07 Å². The lowest BCUT2D eigenvalue weighted by atomic mass is 10.3. The Morgan fingerprint density at radius 2 is 2.11 bits per heavy atom. The molecule has 0 aliphatic heterocycles.